The van der Waals surface area contributed by atoms with Crippen LogP contribution in [0.2, 0.25) is 0 Å². The highest BCUT2D eigenvalue weighted by Gasteiger charge is 2.10. The Kier molecular flexibility index (Phi) is 5.03. The summed E-state index contributed by atoms with van der Waals surface area (Å²) in [5.41, 5.74) is 4.62. The van der Waals surface area contributed by atoms with Gasteiger partial charge in [0.25, 0.3) is 0 Å². The van der Waals surface area contributed by atoms with Crippen molar-refractivity contribution in [2.75, 3.05) is 13.2 Å². The highest BCUT2D eigenvalue weighted by Crippen LogP contribution is 2.18. The van der Waals surface area contributed by atoms with Crippen LogP contribution in [-0.4, -0.2) is 49.4 Å². The normalized spacial score (nSPS) is 11.8. The van der Waals surface area contributed by atoms with Crippen LogP contribution in [0.4, 0.5) is 0 Å². The average Bonchev–Trinajstić information content (AvgIpc) is 3.13. The fraction of sp³-hybridized carbons (Fsp3) is 0.150. The Morgan fingerprint density at radius 1 is 1.18 bits per heavy atom. The molecule has 0 radical (unpaired) electrons. The fourth-order valence-electron chi connectivity index (χ4n) is 2.95. The lowest BCUT2D eigenvalue weighted by atomic mass is 10.1. The van der Waals surface area contributed by atoms with Gasteiger partial charge < -0.3 is 15.8 Å². The molecule has 0 aliphatic heterocycles. The summed E-state index contributed by atoms with van der Waals surface area (Å²) in [4.78, 5) is 8.99. The van der Waals surface area contributed by atoms with Gasteiger partial charge >= 0.3 is 0 Å². The summed E-state index contributed by atoms with van der Waals surface area (Å²) < 4.78 is 1.75. The zero-order valence-corrected chi connectivity index (χ0v) is 15.1. The van der Waals surface area contributed by atoms with Gasteiger partial charge in [-0.15, -0.1) is 5.10 Å². The van der Waals surface area contributed by atoms with Gasteiger partial charge in [0.2, 0.25) is 0 Å². The van der Waals surface area contributed by atoms with Crippen molar-refractivity contribution in [3.8, 4) is 0 Å². The Morgan fingerprint density at radius 2 is 2.07 bits per heavy atom. The Hall–Kier alpha value is -3.65. The lowest BCUT2D eigenvalue weighted by molar-refractivity contribution is 0.298. The van der Waals surface area contributed by atoms with Crippen LogP contribution in [0.5, 0.6) is 0 Å². The summed E-state index contributed by atoms with van der Waals surface area (Å²) in [6, 6.07) is 13.7. The van der Waals surface area contributed by atoms with E-state index < -0.39 is 0 Å². The minimum atomic E-state index is 0.0201. The van der Waals surface area contributed by atoms with Gasteiger partial charge in [-0.05, 0) is 35.9 Å². The van der Waals surface area contributed by atoms with Gasteiger partial charge in [-0.1, -0.05) is 17.3 Å². The summed E-state index contributed by atoms with van der Waals surface area (Å²) in [5.74, 6) is 0. The number of nitrogens with one attached hydrogen (secondary N) is 2. The summed E-state index contributed by atoms with van der Waals surface area (Å²) >= 11 is 0. The van der Waals surface area contributed by atoms with Crippen molar-refractivity contribution in [1.29, 1.82) is 5.41 Å². The molecule has 0 fully saturated rings. The smallest absolute Gasteiger partial charge is 0.179 e. The van der Waals surface area contributed by atoms with Crippen LogP contribution in [0.1, 0.15) is 11.3 Å². The minimum absolute atomic E-state index is 0.0201. The van der Waals surface area contributed by atoms with Crippen molar-refractivity contribution in [1.82, 2.24) is 30.3 Å². The number of allylic oxidation sites excluding steroid dienone is 1. The van der Waals surface area contributed by atoms with Crippen molar-refractivity contribution in [2.24, 2.45) is 0 Å². The number of rotatable bonds is 7. The molecule has 140 valence electrons. The number of hydrogen-bond donors (Lipinski definition) is 3. The zero-order chi connectivity index (χ0) is 19.3. The molecule has 4 rings (SSSR count). The highest BCUT2D eigenvalue weighted by atomic mass is 16.3. The van der Waals surface area contributed by atoms with Gasteiger partial charge in [0.05, 0.1) is 24.4 Å². The third-order valence-corrected chi connectivity index (χ3v) is 4.32. The molecule has 3 aromatic heterocycles. The number of hydrogen-bond acceptors (Lipinski definition) is 7. The van der Waals surface area contributed by atoms with Crippen LogP contribution in [0.15, 0.2) is 54.9 Å². The van der Waals surface area contributed by atoms with E-state index in [9.17, 15) is 0 Å². The zero-order valence-electron chi connectivity index (χ0n) is 15.1. The first kappa shape index (κ1) is 17.7. The lowest BCUT2D eigenvalue weighted by Crippen LogP contribution is -2.12. The second-order valence-corrected chi connectivity index (χ2v) is 6.24. The van der Waals surface area contributed by atoms with Gasteiger partial charge in [-0.2, -0.15) is 0 Å². The van der Waals surface area contributed by atoms with Gasteiger partial charge in [-0.3, -0.25) is 4.98 Å². The molecule has 0 atom stereocenters. The summed E-state index contributed by atoms with van der Waals surface area (Å²) in [7, 11) is 0. The van der Waals surface area contributed by atoms with Crippen molar-refractivity contribution < 1.29 is 5.11 Å². The molecule has 3 heterocycles. The molecular weight excluding hydrogens is 354 g/mol. The Balaban J connectivity index is 1.67. The summed E-state index contributed by atoms with van der Waals surface area (Å²) in [6.45, 7) is 0.965. The molecule has 0 unspecified atom stereocenters. The van der Waals surface area contributed by atoms with Crippen molar-refractivity contribution in [3.05, 3.63) is 66.1 Å². The molecule has 0 spiro atoms. The van der Waals surface area contributed by atoms with Gasteiger partial charge in [-0.25, -0.2) is 9.67 Å². The van der Waals surface area contributed by atoms with Gasteiger partial charge in [0.1, 0.15) is 5.52 Å². The van der Waals surface area contributed by atoms with E-state index >= 15 is 0 Å². The van der Waals surface area contributed by atoms with Crippen LogP contribution in [-0.2, 0) is 6.54 Å². The van der Waals surface area contributed by atoms with Crippen LogP contribution >= 0.6 is 0 Å². The maximum absolute atomic E-state index is 8.89. The average molecular weight is 373 g/mol. The molecule has 0 bridgehead atoms. The second kappa shape index (κ2) is 7.93. The molecule has 8 heteroatoms. The second-order valence-electron chi connectivity index (χ2n) is 6.24. The minimum Gasteiger partial charge on any atom is -0.395 e. The molecule has 0 aliphatic rings. The molecule has 0 amide bonds. The number of aromatic nitrogens is 5. The number of pyridine rings is 2. The van der Waals surface area contributed by atoms with E-state index in [4.69, 9.17) is 10.5 Å². The van der Waals surface area contributed by atoms with Crippen LogP contribution in [0.25, 0.3) is 27.6 Å². The first-order chi connectivity index (χ1) is 13.8. The van der Waals surface area contributed by atoms with E-state index in [1.165, 1.54) is 6.21 Å². The molecule has 0 aliphatic carbocycles. The van der Waals surface area contributed by atoms with E-state index in [0.717, 1.165) is 16.5 Å². The van der Waals surface area contributed by atoms with Gasteiger partial charge in [0.15, 0.2) is 5.65 Å². The molecule has 8 nitrogen and oxygen atoms in total. The predicted octanol–water partition coefficient (Wildman–Crippen LogP) is 2.00. The van der Waals surface area contributed by atoms with E-state index in [-0.39, 0.29) is 6.61 Å². The van der Waals surface area contributed by atoms with Crippen LogP contribution in [0.3, 0.4) is 0 Å². The molecule has 0 saturated carbocycles. The van der Waals surface area contributed by atoms with Crippen molar-refractivity contribution >= 4 is 33.9 Å². The molecular formula is C20H19N7O. The Bertz CT molecular complexity index is 1170. The number of benzene rings is 1. The molecule has 0 saturated heterocycles. The van der Waals surface area contributed by atoms with Crippen molar-refractivity contribution in [3.63, 3.8) is 0 Å². The van der Waals surface area contributed by atoms with E-state index in [1.807, 2.05) is 30.3 Å². The quantitative estimate of drug-likeness (QED) is 0.337. The third kappa shape index (κ3) is 3.58. The third-order valence-electron chi connectivity index (χ3n) is 4.32. The van der Waals surface area contributed by atoms with Crippen LogP contribution < -0.4 is 5.32 Å². The van der Waals surface area contributed by atoms with E-state index in [2.05, 4.69) is 31.7 Å². The monoisotopic (exact) mass is 373 g/mol. The molecule has 28 heavy (non-hydrogen) atoms. The van der Waals surface area contributed by atoms with Crippen molar-refractivity contribution in [2.45, 2.75) is 6.54 Å². The van der Waals surface area contributed by atoms with Gasteiger partial charge in [0, 0.05) is 36.1 Å². The first-order valence-corrected chi connectivity index (χ1v) is 8.87. The van der Waals surface area contributed by atoms with E-state index in [1.54, 1.807) is 23.1 Å². The summed E-state index contributed by atoms with van der Waals surface area (Å²) in [6.07, 6.45) is 4.67. The number of aliphatic hydroxyl groups excluding tert-OH is 1. The highest BCUT2D eigenvalue weighted by molar-refractivity contribution is 6.07. The largest absolute Gasteiger partial charge is 0.395 e. The number of fused-ring (bicyclic) bond motifs is 2. The molecule has 3 N–H and O–H groups in total. The Labute approximate surface area is 161 Å². The fourth-order valence-corrected chi connectivity index (χ4v) is 2.95. The first-order valence-electron chi connectivity index (χ1n) is 8.87. The molecule has 1 aromatic carbocycles. The molecule has 4 aromatic rings. The maximum Gasteiger partial charge on any atom is 0.179 e. The lowest BCUT2D eigenvalue weighted by Gasteiger charge is -2.06. The standard InChI is InChI=1S/C20H19N7O/c21-11-16(12-22-8-9-28)18-5-6-19-20(24-18)27(26-25-19)13-14-3-4-17-15(10-14)2-1-7-23-17/h1-7,10-12,21-22,28H,8-9,13H2/b16-12+,21-11?. The SMILES string of the molecule is N=C/C(=C\NCCO)c1ccc2nnn(Cc3ccc4ncccc4c3)c2n1. The topological polar surface area (TPSA) is 113 Å². The predicted molar refractivity (Wildman–Crippen MR) is 108 cm³/mol. The summed E-state index contributed by atoms with van der Waals surface area (Å²) in [5, 5.41) is 29.0. The number of nitrogens with zero attached hydrogens (tertiary/aromatic N) is 5. The Morgan fingerprint density at radius 3 is 2.93 bits per heavy atom. The number of aliphatic hydroxyl groups is 1. The van der Waals surface area contributed by atoms with E-state index in [0.29, 0.717) is 35.5 Å². The van der Waals surface area contributed by atoms with Crippen LogP contribution in [0, 0.1) is 5.41 Å². The maximum atomic E-state index is 8.89.